The van der Waals surface area contributed by atoms with Crippen molar-refractivity contribution < 1.29 is 0 Å². The minimum absolute atomic E-state index is 0.501. The van der Waals surface area contributed by atoms with Gasteiger partial charge in [-0.3, -0.25) is 0 Å². The minimum atomic E-state index is 0.501. The van der Waals surface area contributed by atoms with E-state index < -0.39 is 0 Å². The number of benzene rings is 1. The number of nitrogens with zero attached hydrogens (tertiary/aromatic N) is 4. The summed E-state index contributed by atoms with van der Waals surface area (Å²) >= 11 is 3.62. The first-order valence-electron chi connectivity index (χ1n) is 11.4. The molecule has 2 aliphatic carbocycles. The summed E-state index contributed by atoms with van der Waals surface area (Å²) in [4.78, 5) is 9.32. The fraction of sp³-hybridized carbons (Fsp3) is 0.320. The van der Waals surface area contributed by atoms with Gasteiger partial charge in [0.05, 0.1) is 16.8 Å². The molecule has 4 aromatic rings. The summed E-state index contributed by atoms with van der Waals surface area (Å²) in [5.74, 6) is 1.71. The summed E-state index contributed by atoms with van der Waals surface area (Å²) in [6.07, 6.45) is 9.21. The Morgan fingerprint density at radius 2 is 1.72 bits per heavy atom. The number of anilines is 2. The standard InChI is InChI=1S/C25H25BrN6/c26-17-6-3-5-16(15-17)24-23(20-13-14-27-25(30-20)29-19-11-12-19)21-9-4-10-22(32(21)31-24)28-18-7-1-2-8-18/h3-6,9-10,13-15,18-19,28H,1-2,7-8,11-12H2,(H,27,29,30). The molecule has 2 N–H and O–H groups in total. The molecule has 0 amide bonds. The fourth-order valence-corrected chi connectivity index (χ4v) is 4.93. The minimum Gasteiger partial charge on any atom is -0.367 e. The number of rotatable bonds is 6. The van der Waals surface area contributed by atoms with Crippen molar-refractivity contribution in [2.45, 2.75) is 50.6 Å². The van der Waals surface area contributed by atoms with Crippen molar-refractivity contribution in [3.8, 4) is 22.5 Å². The molecular weight excluding hydrogens is 464 g/mol. The maximum absolute atomic E-state index is 5.10. The van der Waals surface area contributed by atoms with Gasteiger partial charge < -0.3 is 10.6 Å². The van der Waals surface area contributed by atoms with Crippen molar-refractivity contribution in [1.82, 2.24) is 19.6 Å². The largest absolute Gasteiger partial charge is 0.367 e. The first kappa shape index (κ1) is 19.7. The van der Waals surface area contributed by atoms with Crippen molar-refractivity contribution in [1.29, 1.82) is 0 Å². The Balaban J connectivity index is 1.52. The second-order valence-electron chi connectivity index (χ2n) is 8.75. The lowest BCUT2D eigenvalue weighted by Crippen LogP contribution is -2.16. The SMILES string of the molecule is Brc1cccc(-c2nn3c(NC4CCCC4)cccc3c2-c2ccnc(NC3CC3)n2)c1. The van der Waals surface area contributed by atoms with Gasteiger partial charge in [-0.05, 0) is 56.0 Å². The summed E-state index contributed by atoms with van der Waals surface area (Å²) in [5, 5.41) is 12.3. The molecule has 7 heteroatoms. The lowest BCUT2D eigenvalue weighted by molar-refractivity contribution is 0.742. The van der Waals surface area contributed by atoms with Crippen LogP contribution in [0.3, 0.4) is 0 Å². The summed E-state index contributed by atoms with van der Waals surface area (Å²) in [5.41, 5.74) is 4.92. The average Bonchev–Trinajstić information content (AvgIpc) is 3.31. The van der Waals surface area contributed by atoms with E-state index in [2.05, 4.69) is 61.9 Å². The van der Waals surface area contributed by atoms with Crippen LogP contribution in [-0.2, 0) is 0 Å². The normalized spacial score (nSPS) is 16.5. The number of hydrogen-bond acceptors (Lipinski definition) is 5. The zero-order chi connectivity index (χ0) is 21.5. The lowest BCUT2D eigenvalue weighted by Gasteiger charge is -2.14. The third kappa shape index (κ3) is 3.86. The monoisotopic (exact) mass is 488 g/mol. The average molecular weight is 489 g/mol. The summed E-state index contributed by atoms with van der Waals surface area (Å²) < 4.78 is 3.07. The smallest absolute Gasteiger partial charge is 0.223 e. The Morgan fingerprint density at radius 3 is 2.53 bits per heavy atom. The van der Waals surface area contributed by atoms with Crippen LogP contribution in [0.4, 0.5) is 11.8 Å². The lowest BCUT2D eigenvalue weighted by atomic mass is 10.0. The summed E-state index contributed by atoms with van der Waals surface area (Å²) in [7, 11) is 0. The fourth-order valence-electron chi connectivity index (χ4n) is 4.53. The molecule has 0 atom stereocenters. The predicted molar refractivity (Wildman–Crippen MR) is 132 cm³/mol. The molecule has 0 radical (unpaired) electrons. The Labute approximate surface area is 195 Å². The molecule has 2 aliphatic rings. The molecule has 162 valence electrons. The van der Waals surface area contributed by atoms with Gasteiger partial charge in [0.15, 0.2) is 0 Å². The Kier molecular flexibility index (Phi) is 5.06. The number of aromatic nitrogens is 4. The van der Waals surface area contributed by atoms with Gasteiger partial charge >= 0.3 is 0 Å². The Morgan fingerprint density at radius 1 is 0.906 bits per heavy atom. The highest BCUT2D eigenvalue weighted by Crippen LogP contribution is 2.37. The van der Waals surface area contributed by atoms with Crippen LogP contribution >= 0.6 is 15.9 Å². The van der Waals surface area contributed by atoms with Crippen LogP contribution < -0.4 is 10.6 Å². The third-order valence-electron chi connectivity index (χ3n) is 6.29. The first-order valence-corrected chi connectivity index (χ1v) is 12.2. The quantitative estimate of drug-likeness (QED) is 0.340. The maximum atomic E-state index is 5.10. The molecule has 0 saturated heterocycles. The van der Waals surface area contributed by atoms with Gasteiger partial charge in [0, 0.05) is 28.3 Å². The third-order valence-corrected chi connectivity index (χ3v) is 6.78. The topological polar surface area (TPSA) is 67.1 Å². The molecule has 0 spiro atoms. The molecule has 6 rings (SSSR count). The highest BCUT2D eigenvalue weighted by Gasteiger charge is 2.24. The van der Waals surface area contributed by atoms with Crippen LogP contribution in [0.5, 0.6) is 0 Å². The zero-order valence-electron chi connectivity index (χ0n) is 17.8. The highest BCUT2D eigenvalue weighted by atomic mass is 79.9. The van der Waals surface area contributed by atoms with E-state index >= 15 is 0 Å². The van der Waals surface area contributed by atoms with Gasteiger partial charge in [-0.2, -0.15) is 5.10 Å². The van der Waals surface area contributed by atoms with Gasteiger partial charge in [0.25, 0.3) is 0 Å². The molecule has 32 heavy (non-hydrogen) atoms. The molecule has 0 aliphatic heterocycles. The van der Waals surface area contributed by atoms with Gasteiger partial charge in [-0.15, -0.1) is 0 Å². The molecule has 3 aromatic heterocycles. The van der Waals surface area contributed by atoms with Crippen LogP contribution in [0.15, 0.2) is 59.2 Å². The van der Waals surface area contributed by atoms with Crippen LogP contribution in [0, 0.1) is 0 Å². The van der Waals surface area contributed by atoms with E-state index in [1.807, 2.05) is 28.9 Å². The number of pyridine rings is 1. The molecular formula is C25H25BrN6. The van der Waals surface area contributed by atoms with E-state index in [9.17, 15) is 0 Å². The maximum Gasteiger partial charge on any atom is 0.223 e. The number of fused-ring (bicyclic) bond motifs is 1. The van der Waals surface area contributed by atoms with Crippen LogP contribution in [0.1, 0.15) is 38.5 Å². The van der Waals surface area contributed by atoms with E-state index in [4.69, 9.17) is 10.1 Å². The second kappa shape index (κ2) is 8.20. The van der Waals surface area contributed by atoms with E-state index in [1.165, 1.54) is 38.5 Å². The van der Waals surface area contributed by atoms with Gasteiger partial charge in [0.1, 0.15) is 11.5 Å². The molecule has 6 nitrogen and oxygen atoms in total. The van der Waals surface area contributed by atoms with Gasteiger partial charge in [-0.25, -0.2) is 14.5 Å². The van der Waals surface area contributed by atoms with Crippen molar-refractivity contribution in [3.05, 3.63) is 59.2 Å². The Bertz CT molecular complexity index is 1270. The van der Waals surface area contributed by atoms with E-state index in [1.54, 1.807) is 0 Å². The molecule has 0 unspecified atom stereocenters. The van der Waals surface area contributed by atoms with E-state index in [0.29, 0.717) is 18.0 Å². The molecule has 3 heterocycles. The second-order valence-corrected chi connectivity index (χ2v) is 9.67. The Hall–Kier alpha value is -2.93. The number of halogens is 1. The van der Waals surface area contributed by atoms with Crippen molar-refractivity contribution in [2.75, 3.05) is 10.6 Å². The van der Waals surface area contributed by atoms with Crippen molar-refractivity contribution in [3.63, 3.8) is 0 Å². The van der Waals surface area contributed by atoms with Crippen molar-refractivity contribution in [2.24, 2.45) is 0 Å². The number of nitrogens with one attached hydrogen (secondary N) is 2. The highest BCUT2D eigenvalue weighted by molar-refractivity contribution is 9.10. The van der Waals surface area contributed by atoms with Crippen LogP contribution in [0.25, 0.3) is 28.0 Å². The van der Waals surface area contributed by atoms with Crippen LogP contribution in [-0.4, -0.2) is 31.7 Å². The van der Waals surface area contributed by atoms with Crippen LogP contribution in [0.2, 0.25) is 0 Å². The summed E-state index contributed by atoms with van der Waals surface area (Å²) in [6.45, 7) is 0. The number of hydrogen-bond donors (Lipinski definition) is 2. The predicted octanol–water partition coefficient (Wildman–Crippen LogP) is 6.15. The van der Waals surface area contributed by atoms with Gasteiger partial charge in [-0.1, -0.05) is 47.0 Å². The zero-order valence-corrected chi connectivity index (χ0v) is 19.3. The molecule has 2 fully saturated rings. The first-order chi connectivity index (χ1) is 15.7. The van der Waals surface area contributed by atoms with E-state index in [-0.39, 0.29) is 0 Å². The molecule has 2 saturated carbocycles. The molecule has 0 bridgehead atoms. The van der Waals surface area contributed by atoms with Crippen molar-refractivity contribution >= 4 is 33.2 Å². The van der Waals surface area contributed by atoms with Gasteiger partial charge in [0.2, 0.25) is 5.95 Å². The molecule has 1 aromatic carbocycles. The van der Waals surface area contributed by atoms with E-state index in [0.717, 1.165) is 38.3 Å². The summed E-state index contributed by atoms with van der Waals surface area (Å²) in [6, 6.07) is 17.6.